The van der Waals surface area contributed by atoms with Gasteiger partial charge in [-0.2, -0.15) is 0 Å². The number of nitrogens with two attached hydrogens (primary N) is 1. The lowest BCUT2D eigenvalue weighted by atomic mass is 10.2. The van der Waals surface area contributed by atoms with Crippen molar-refractivity contribution in [2.24, 2.45) is 0 Å². The molecule has 2 rings (SSSR count). The molecule has 3 N–H and O–H groups in total. The van der Waals surface area contributed by atoms with E-state index in [1.165, 1.54) is 0 Å². The number of carbonyl (C=O) groups is 1. The molecule has 1 aromatic rings. The molecular weight excluding hydrogens is 252 g/mol. The van der Waals surface area contributed by atoms with Crippen molar-refractivity contribution >= 4 is 17.3 Å². The summed E-state index contributed by atoms with van der Waals surface area (Å²) in [4.78, 5) is 16.7. The lowest BCUT2D eigenvalue weighted by Gasteiger charge is -2.27. The molecule has 1 unspecified atom stereocenters. The van der Waals surface area contributed by atoms with Crippen LogP contribution in [0.4, 0.5) is 11.4 Å². The minimum absolute atomic E-state index is 0.0204. The largest absolute Gasteiger partial charge is 0.399 e. The number of nitrogen functional groups attached to an aromatic ring is 1. The fourth-order valence-corrected chi connectivity index (χ4v) is 2.66. The van der Waals surface area contributed by atoms with Crippen molar-refractivity contribution in [1.82, 2.24) is 9.80 Å². The number of amides is 1. The highest BCUT2D eigenvalue weighted by molar-refractivity contribution is 5.92. The standard InChI is InChI=1S/C15H24N4O/c1-12-10-18(2)7-4-8-19(12)11-15(20)17-14-6-3-5-13(16)9-14/h3,5-6,9,12H,4,7-8,10-11,16H2,1-2H3,(H,17,20). The number of nitrogens with zero attached hydrogens (tertiary/aromatic N) is 2. The van der Waals surface area contributed by atoms with Gasteiger partial charge in [-0.1, -0.05) is 6.07 Å². The second-order valence-corrected chi connectivity index (χ2v) is 5.61. The summed E-state index contributed by atoms with van der Waals surface area (Å²) in [6.07, 6.45) is 1.10. The van der Waals surface area contributed by atoms with Crippen molar-refractivity contribution in [3.8, 4) is 0 Å². The van der Waals surface area contributed by atoms with E-state index in [9.17, 15) is 4.79 Å². The van der Waals surface area contributed by atoms with Crippen LogP contribution in [-0.4, -0.2) is 55.0 Å². The van der Waals surface area contributed by atoms with Gasteiger partial charge in [0.25, 0.3) is 0 Å². The zero-order chi connectivity index (χ0) is 14.5. The summed E-state index contributed by atoms with van der Waals surface area (Å²) in [6, 6.07) is 7.68. The van der Waals surface area contributed by atoms with E-state index < -0.39 is 0 Å². The lowest BCUT2D eigenvalue weighted by molar-refractivity contribution is -0.117. The average Bonchev–Trinajstić information content (AvgIpc) is 2.51. The number of likely N-dealkylation sites (N-methyl/N-ethyl adjacent to an activating group) is 1. The Hall–Kier alpha value is -1.59. The van der Waals surface area contributed by atoms with Crippen molar-refractivity contribution in [3.05, 3.63) is 24.3 Å². The van der Waals surface area contributed by atoms with Crippen LogP contribution in [0.15, 0.2) is 24.3 Å². The number of carbonyl (C=O) groups excluding carboxylic acids is 1. The minimum atomic E-state index is 0.0204. The normalized spacial score (nSPS) is 21.4. The van der Waals surface area contributed by atoms with Crippen LogP contribution >= 0.6 is 0 Å². The molecule has 0 spiro atoms. The van der Waals surface area contributed by atoms with Crippen LogP contribution in [0, 0.1) is 0 Å². The molecule has 1 saturated heterocycles. The summed E-state index contributed by atoms with van der Waals surface area (Å²) in [5.41, 5.74) is 7.13. The monoisotopic (exact) mass is 276 g/mol. The molecule has 0 saturated carbocycles. The molecule has 1 aliphatic heterocycles. The Kier molecular flexibility index (Phi) is 4.98. The molecule has 5 heteroatoms. The molecule has 0 radical (unpaired) electrons. The van der Waals surface area contributed by atoms with E-state index >= 15 is 0 Å². The molecule has 1 aliphatic rings. The summed E-state index contributed by atoms with van der Waals surface area (Å²) in [5.74, 6) is 0.0204. The molecule has 0 aromatic heterocycles. The number of rotatable bonds is 3. The Morgan fingerprint density at radius 1 is 1.45 bits per heavy atom. The predicted octanol–water partition coefficient (Wildman–Crippen LogP) is 1.23. The van der Waals surface area contributed by atoms with Gasteiger partial charge in [-0.05, 0) is 45.1 Å². The van der Waals surface area contributed by atoms with Crippen LogP contribution in [0.3, 0.4) is 0 Å². The Morgan fingerprint density at radius 3 is 3.00 bits per heavy atom. The minimum Gasteiger partial charge on any atom is -0.399 e. The van der Waals surface area contributed by atoms with Crippen LogP contribution in [0.5, 0.6) is 0 Å². The van der Waals surface area contributed by atoms with E-state index in [1.54, 1.807) is 6.07 Å². The van der Waals surface area contributed by atoms with Crippen LogP contribution in [0.25, 0.3) is 0 Å². The van der Waals surface area contributed by atoms with Gasteiger partial charge in [0, 0.05) is 30.5 Å². The summed E-state index contributed by atoms with van der Waals surface area (Å²) in [6.45, 7) is 5.68. The highest BCUT2D eigenvalue weighted by atomic mass is 16.2. The van der Waals surface area contributed by atoms with Crippen molar-refractivity contribution in [1.29, 1.82) is 0 Å². The fraction of sp³-hybridized carbons (Fsp3) is 0.533. The van der Waals surface area contributed by atoms with Crippen molar-refractivity contribution in [2.75, 3.05) is 44.3 Å². The Labute approximate surface area is 120 Å². The zero-order valence-corrected chi connectivity index (χ0v) is 12.3. The predicted molar refractivity (Wildman–Crippen MR) is 82.6 cm³/mol. The molecule has 1 amide bonds. The number of hydrogen-bond acceptors (Lipinski definition) is 4. The van der Waals surface area contributed by atoms with Crippen LogP contribution < -0.4 is 11.1 Å². The maximum atomic E-state index is 12.1. The van der Waals surface area contributed by atoms with Crippen LogP contribution in [-0.2, 0) is 4.79 Å². The number of hydrogen-bond donors (Lipinski definition) is 2. The highest BCUT2D eigenvalue weighted by Crippen LogP contribution is 2.13. The third kappa shape index (κ3) is 4.21. The smallest absolute Gasteiger partial charge is 0.238 e. The summed E-state index contributed by atoms with van der Waals surface area (Å²) in [5, 5.41) is 2.91. The molecule has 110 valence electrons. The van der Waals surface area contributed by atoms with Crippen LogP contribution in [0.1, 0.15) is 13.3 Å². The molecule has 1 aromatic carbocycles. The van der Waals surface area contributed by atoms with E-state index in [1.807, 2.05) is 18.2 Å². The quantitative estimate of drug-likeness (QED) is 0.815. The molecule has 0 bridgehead atoms. The van der Waals surface area contributed by atoms with E-state index in [4.69, 9.17) is 5.73 Å². The van der Waals surface area contributed by atoms with Crippen molar-refractivity contribution < 1.29 is 4.79 Å². The molecule has 5 nitrogen and oxygen atoms in total. The first-order valence-electron chi connectivity index (χ1n) is 7.12. The van der Waals surface area contributed by atoms with E-state index in [2.05, 4.69) is 29.1 Å². The summed E-state index contributed by atoms with van der Waals surface area (Å²) in [7, 11) is 2.13. The maximum Gasteiger partial charge on any atom is 0.238 e. The zero-order valence-electron chi connectivity index (χ0n) is 12.3. The third-order valence-electron chi connectivity index (χ3n) is 3.70. The van der Waals surface area contributed by atoms with Gasteiger partial charge in [-0.3, -0.25) is 9.69 Å². The van der Waals surface area contributed by atoms with Crippen molar-refractivity contribution in [3.63, 3.8) is 0 Å². The van der Waals surface area contributed by atoms with Gasteiger partial charge in [0.1, 0.15) is 0 Å². The summed E-state index contributed by atoms with van der Waals surface area (Å²) < 4.78 is 0. The molecule has 20 heavy (non-hydrogen) atoms. The lowest BCUT2D eigenvalue weighted by Crippen LogP contribution is -2.42. The van der Waals surface area contributed by atoms with Gasteiger partial charge in [0.05, 0.1) is 6.54 Å². The summed E-state index contributed by atoms with van der Waals surface area (Å²) >= 11 is 0. The average molecular weight is 276 g/mol. The second-order valence-electron chi connectivity index (χ2n) is 5.61. The number of benzene rings is 1. The van der Waals surface area contributed by atoms with Gasteiger partial charge in [0.2, 0.25) is 5.91 Å². The van der Waals surface area contributed by atoms with E-state index in [0.29, 0.717) is 18.3 Å². The van der Waals surface area contributed by atoms with Gasteiger partial charge in [-0.25, -0.2) is 0 Å². The third-order valence-corrected chi connectivity index (χ3v) is 3.70. The van der Waals surface area contributed by atoms with Crippen LogP contribution in [0.2, 0.25) is 0 Å². The molecule has 0 aliphatic carbocycles. The number of anilines is 2. The first-order chi connectivity index (χ1) is 9.54. The van der Waals surface area contributed by atoms with Gasteiger partial charge in [0.15, 0.2) is 0 Å². The molecular formula is C15H24N4O. The van der Waals surface area contributed by atoms with Gasteiger partial charge >= 0.3 is 0 Å². The molecule has 1 atom stereocenters. The number of nitrogens with one attached hydrogen (secondary N) is 1. The van der Waals surface area contributed by atoms with Gasteiger partial charge < -0.3 is 16.0 Å². The Bertz CT molecular complexity index is 463. The SMILES string of the molecule is CC1CN(C)CCCN1CC(=O)Nc1cccc(N)c1. The molecule has 1 fully saturated rings. The van der Waals surface area contributed by atoms with Gasteiger partial charge in [-0.15, -0.1) is 0 Å². The molecule has 1 heterocycles. The van der Waals surface area contributed by atoms with E-state index in [-0.39, 0.29) is 5.91 Å². The maximum absolute atomic E-state index is 12.1. The van der Waals surface area contributed by atoms with E-state index in [0.717, 1.165) is 31.7 Å². The Balaban J connectivity index is 1.90. The first kappa shape index (κ1) is 14.8. The topological polar surface area (TPSA) is 61.6 Å². The fourth-order valence-electron chi connectivity index (χ4n) is 2.66. The highest BCUT2D eigenvalue weighted by Gasteiger charge is 2.21. The first-order valence-corrected chi connectivity index (χ1v) is 7.12. The second kappa shape index (κ2) is 6.72. The van der Waals surface area contributed by atoms with Crippen molar-refractivity contribution in [2.45, 2.75) is 19.4 Å². The Morgan fingerprint density at radius 2 is 2.25 bits per heavy atom.